The third-order valence-corrected chi connectivity index (χ3v) is 20.2. The molecule has 0 fully saturated rings. The number of carbonyl (C=O) groups is 2. The summed E-state index contributed by atoms with van der Waals surface area (Å²) in [6, 6.07) is 11.9. The highest BCUT2D eigenvalue weighted by molar-refractivity contribution is 9.10. The van der Waals surface area contributed by atoms with E-state index in [1.54, 1.807) is 18.7 Å². The Bertz CT molecular complexity index is 1350. The fourth-order valence-corrected chi connectivity index (χ4v) is 6.58. The SMILES string of the molecule is CC(=O)Cc1ccc(Br)c(C)c1.CC(=O)N(CCOCCO[Si](C)(C)C(C)(C)C)c1ccc(Br)c(C)c1.CC(C)(C)[Si](C)(C)OCCOCCCl. The zero-order valence-corrected chi connectivity index (χ0v) is 39.8. The molecule has 0 aromatic heterocycles. The number of halogens is 3. The molecule has 0 aliphatic rings. The lowest BCUT2D eigenvalue weighted by Crippen LogP contribution is -2.41. The van der Waals surface area contributed by atoms with E-state index in [0.29, 0.717) is 58.5 Å². The molecule has 0 saturated carbocycles. The Morgan fingerprint density at radius 2 is 1.16 bits per heavy atom. The van der Waals surface area contributed by atoms with E-state index >= 15 is 0 Å². The summed E-state index contributed by atoms with van der Waals surface area (Å²) >= 11 is 12.4. The summed E-state index contributed by atoms with van der Waals surface area (Å²) < 4.78 is 25.1. The molecule has 0 saturated heterocycles. The van der Waals surface area contributed by atoms with E-state index in [4.69, 9.17) is 29.9 Å². The molecule has 292 valence electrons. The molecule has 12 heteroatoms. The molecule has 2 aromatic carbocycles. The minimum Gasteiger partial charge on any atom is -0.414 e. The quantitative estimate of drug-likeness (QED) is 0.0949. The van der Waals surface area contributed by atoms with Crippen LogP contribution in [0.5, 0.6) is 0 Å². The molecular weight excluding hydrogens is 830 g/mol. The molecule has 0 bridgehead atoms. The highest BCUT2D eigenvalue weighted by atomic mass is 79.9. The van der Waals surface area contributed by atoms with Gasteiger partial charge in [0.05, 0.1) is 39.6 Å². The van der Waals surface area contributed by atoms with Crippen LogP contribution in [0.4, 0.5) is 5.69 Å². The number of ether oxygens (including phenoxy) is 2. The molecule has 0 spiro atoms. The monoisotopic (exact) mass is 893 g/mol. The average molecular weight is 896 g/mol. The largest absolute Gasteiger partial charge is 0.414 e. The molecular formula is C39H66Br2ClNO6Si2. The van der Waals surface area contributed by atoms with Crippen molar-refractivity contribution >= 4 is 77.5 Å². The molecule has 0 heterocycles. The van der Waals surface area contributed by atoms with Crippen LogP contribution >= 0.6 is 43.5 Å². The molecule has 0 unspecified atom stereocenters. The number of hydrogen-bond donors (Lipinski definition) is 0. The molecule has 2 aromatic rings. The Morgan fingerprint density at radius 3 is 1.55 bits per heavy atom. The van der Waals surface area contributed by atoms with Crippen molar-refractivity contribution in [1.29, 1.82) is 0 Å². The summed E-state index contributed by atoms with van der Waals surface area (Å²) in [5.74, 6) is 0.777. The van der Waals surface area contributed by atoms with E-state index in [-0.39, 0.29) is 21.8 Å². The van der Waals surface area contributed by atoms with Gasteiger partial charge in [-0.1, -0.05) is 85.5 Å². The second-order valence-electron chi connectivity index (χ2n) is 15.7. The lowest BCUT2D eigenvalue weighted by Gasteiger charge is -2.36. The Balaban J connectivity index is 0.000000810. The summed E-state index contributed by atoms with van der Waals surface area (Å²) in [5, 5.41) is 0.483. The number of benzene rings is 2. The number of amides is 1. The minimum absolute atomic E-state index is 0.0165. The standard InChI is InChI=1S/C19H32BrNO3Si.C10H11BrO.C10H23ClO2Si/c1-15-14-17(8-9-18(15)20)21(16(2)22)10-11-23-12-13-24-25(6,7)19(3,4)5;1-7-5-9(6-8(2)12)3-4-10(7)11;1-10(2,3)14(4,5)13-9-8-12-7-6-11/h8-9,14H,10-13H2,1-7H3;3-5H,6H2,1-2H3;6-9H2,1-5H3. The first-order valence-electron chi connectivity index (χ1n) is 17.6. The van der Waals surface area contributed by atoms with Gasteiger partial charge in [0.25, 0.3) is 0 Å². The molecule has 51 heavy (non-hydrogen) atoms. The van der Waals surface area contributed by atoms with Crippen LogP contribution in [0.3, 0.4) is 0 Å². The lowest BCUT2D eigenvalue weighted by molar-refractivity contribution is -0.117. The van der Waals surface area contributed by atoms with Crippen molar-refractivity contribution in [2.45, 2.75) is 112 Å². The summed E-state index contributed by atoms with van der Waals surface area (Å²) in [5.41, 5.74) is 4.26. The Hall–Kier alpha value is -0.896. The number of nitrogens with zero attached hydrogens (tertiary/aromatic N) is 1. The van der Waals surface area contributed by atoms with Gasteiger partial charge in [0.15, 0.2) is 16.6 Å². The van der Waals surface area contributed by atoms with E-state index in [0.717, 1.165) is 25.8 Å². The van der Waals surface area contributed by atoms with Crippen LogP contribution in [0, 0.1) is 13.8 Å². The van der Waals surface area contributed by atoms with Crippen molar-refractivity contribution in [3.05, 3.63) is 62.0 Å². The van der Waals surface area contributed by atoms with Crippen LogP contribution in [-0.2, 0) is 34.3 Å². The number of alkyl halides is 1. The first kappa shape index (κ1) is 50.1. The van der Waals surface area contributed by atoms with Gasteiger partial charge in [-0.2, -0.15) is 0 Å². The van der Waals surface area contributed by atoms with Gasteiger partial charge >= 0.3 is 0 Å². The van der Waals surface area contributed by atoms with Crippen molar-refractivity contribution < 1.29 is 27.9 Å². The molecule has 0 radical (unpaired) electrons. The van der Waals surface area contributed by atoms with Crippen LogP contribution in [0.2, 0.25) is 36.3 Å². The zero-order chi connectivity index (χ0) is 39.6. The predicted octanol–water partition coefficient (Wildman–Crippen LogP) is 11.3. The van der Waals surface area contributed by atoms with Crippen molar-refractivity contribution in [1.82, 2.24) is 0 Å². The van der Waals surface area contributed by atoms with Gasteiger partial charge in [0.1, 0.15) is 5.78 Å². The van der Waals surface area contributed by atoms with Crippen molar-refractivity contribution in [3.63, 3.8) is 0 Å². The maximum atomic E-state index is 11.9. The van der Waals surface area contributed by atoms with Crippen LogP contribution < -0.4 is 4.90 Å². The van der Waals surface area contributed by atoms with Crippen LogP contribution in [-0.4, -0.2) is 80.4 Å². The van der Waals surface area contributed by atoms with Gasteiger partial charge in [-0.3, -0.25) is 9.59 Å². The van der Waals surface area contributed by atoms with E-state index in [2.05, 4.69) is 99.6 Å². The highest BCUT2D eigenvalue weighted by Gasteiger charge is 2.37. The normalized spacial score (nSPS) is 12.0. The Morgan fingerprint density at radius 1 is 0.706 bits per heavy atom. The maximum Gasteiger partial charge on any atom is 0.223 e. The highest BCUT2D eigenvalue weighted by Crippen LogP contribution is 2.37. The smallest absolute Gasteiger partial charge is 0.223 e. The molecule has 1 amide bonds. The summed E-state index contributed by atoms with van der Waals surface area (Å²) in [4.78, 5) is 24.5. The van der Waals surface area contributed by atoms with E-state index in [1.165, 1.54) is 5.56 Å². The van der Waals surface area contributed by atoms with Crippen LogP contribution in [0.1, 0.15) is 72.1 Å². The van der Waals surface area contributed by atoms with Gasteiger partial charge in [0, 0.05) is 40.4 Å². The van der Waals surface area contributed by atoms with E-state index < -0.39 is 16.6 Å². The number of anilines is 1. The summed E-state index contributed by atoms with van der Waals surface area (Å²) in [6.07, 6.45) is 0.536. The average Bonchev–Trinajstić information content (AvgIpc) is 2.99. The lowest BCUT2D eigenvalue weighted by atomic mass is 10.1. The minimum atomic E-state index is -1.72. The van der Waals surface area contributed by atoms with Crippen LogP contribution in [0.25, 0.3) is 0 Å². The molecule has 0 aliphatic carbocycles. The van der Waals surface area contributed by atoms with Gasteiger partial charge in [-0.05, 0) is 98.0 Å². The Labute approximate surface area is 334 Å². The molecule has 0 N–H and O–H groups in total. The number of aryl methyl sites for hydroxylation is 2. The van der Waals surface area contributed by atoms with Crippen molar-refractivity contribution in [2.24, 2.45) is 0 Å². The second kappa shape index (κ2) is 23.8. The molecule has 2 rings (SSSR count). The Kier molecular flexibility index (Phi) is 23.4. The summed E-state index contributed by atoms with van der Waals surface area (Å²) in [6.45, 7) is 33.7. The van der Waals surface area contributed by atoms with Gasteiger partial charge in [-0.25, -0.2) is 0 Å². The maximum absolute atomic E-state index is 11.9. The fraction of sp³-hybridized carbons (Fsp3) is 0.641. The zero-order valence-electron chi connectivity index (χ0n) is 33.9. The number of Topliss-reactive ketones (excluding diaryl/α,β-unsaturated/α-hetero) is 1. The fourth-order valence-electron chi connectivity index (χ4n) is 3.93. The van der Waals surface area contributed by atoms with Gasteiger partial charge < -0.3 is 23.2 Å². The number of ketones is 1. The third-order valence-electron chi connectivity index (χ3n) is 9.18. The van der Waals surface area contributed by atoms with E-state index in [9.17, 15) is 9.59 Å². The topological polar surface area (TPSA) is 74.3 Å². The predicted molar refractivity (Wildman–Crippen MR) is 229 cm³/mol. The van der Waals surface area contributed by atoms with Crippen molar-refractivity contribution in [3.8, 4) is 0 Å². The molecule has 0 aliphatic heterocycles. The number of hydrogen-bond acceptors (Lipinski definition) is 6. The first-order valence-corrected chi connectivity index (χ1v) is 25.6. The van der Waals surface area contributed by atoms with Crippen molar-refractivity contribution in [2.75, 3.05) is 57.0 Å². The molecule has 0 atom stereocenters. The first-order chi connectivity index (χ1) is 23.4. The number of carbonyl (C=O) groups excluding carboxylic acids is 2. The third kappa shape index (κ3) is 20.4. The van der Waals surface area contributed by atoms with E-state index in [1.807, 2.05) is 50.2 Å². The van der Waals surface area contributed by atoms with Gasteiger partial charge in [-0.15, -0.1) is 11.6 Å². The molecule has 7 nitrogen and oxygen atoms in total. The van der Waals surface area contributed by atoms with Gasteiger partial charge in [0.2, 0.25) is 5.91 Å². The second-order valence-corrected chi connectivity index (χ2v) is 27.4. The summed E-state index contributed by atoms with van der Waals surface area (Å²) in [7, 11) is -3.30. The van der Waals surface area contributed by atoms with Crippen LogP contribution in [0.15, 0.2) is 45.3 Å². The number of rotatable bonds is 16.